The topological polar surface area (TPSA) is 203 Å². The van der Waals surface area contributed by atoms with Gasteiger partial charge in [-0.05, 0) is 33.6 Å². The van der Waals surface area contributed by atoms with Crippen LogP contribution in [0.15, 0.2) is 12.1 Å². The second-order valence-corrected chi connectivity index (χ2v) is 10.9. The maximum Gasteiger partial charge on any atom is 0.277 e. The highest BCUT2D eigenvalue weighted by atomic mass is 35.5. The van der Waals surface area contributed by atoms with Crippen LogP contribution in [0.3, 0.4) is 0 Å². The molecule has 3 heterocycles. The molecule has 4 amide bonds. The maximum absolute atomic E-state index is 13.7. The van der Waals surface area contributed by atoms with E-state index in [1.807, 2.05) is 23.0 Å². The molecule has 1 aromatic carbocycles. The van der Waals surface area contributed by atoms with E-state index in [9.17, 15) is 19.2 Å². The third-order valence-corrected chi connectivity index (χ3v) is 7.97. The number of fused-ring (bicyclic) bond motifs is 1. The van der Waals surface area contributed by atoms with Crippen molar-refractivity contribution in [2.24, 2.45) is 0 Å². The fraction of sp³-hybridized carbons (Fsp3) is 0.483. The molecular weight excluding hydrogens is 604 g/mol. The van der Waals surface area contributed by atoms with Gasteiger partial charge >= 0.3 is 0 Å². The molecule has 1 aliphatic rings. The van der Waals surface area contributed by atoms with Gasteiger partial charge in [-0.3, -0.25) is 19.2 Å². The molecule has 0 aliphatic carbocycles. The van der Waals surface area contributed by atoms with Gasteiger partial charge in [-0.25, -0.2) is 19.1 Å². The van der Waals surface area contributed by atoms with Gasteiger partial charge in [0.15, 0.2) is 40.1 Å². The third-order valence-electron chi connectivity index (χ3n) is 7.69. The first-order valence-corrected chi connectivity index (χ1v) is 15.3. The van der Waals surface area contributed by atoms with Crippen molar-refractivity contribution in [3.8, 4) is 5.75 Å². The van der Waals surface area contributed by atoms with E-state index in [0.29, 0.717) is 45.6 Å². The summed E-state index contributed by atoms with van der Waals surface area (Å²) in [5.74, 6) is -0.477. The lowest BCUT2D eigenvalue weighted by molar-refractivity contribution is -0.676. The molecule has 0 atom stereocenters. The fourth-order valence-corrected chi connectivity index (χ4v) is 5.58. The molecule has 242 valence electrons. The summed E-state index contributed by atoms with van der Waals surface area (Å²) in [4.78, 5) is 60.3. The summed E-state index contributed by atoms with van der Waals surface area (Å²) in [5.41, 5.74) is 13.1. The quantitative estimate of drug-likeness (QED) is 0.187. The van der Waals surface area contributed by atoms with Crippen LogP contribution in [0, 0.1) is 0 Å². The van der Waals surface area contributed by atoms with Gasteiger partial charge in [-0.1, -0.05) is 11.6 Å². The van der Waals surface area contributed by atoms with Crippen LogP contribution in [0.25, 0.3) is 11.0 Å². The second-order valence-electron chi connectivity index (χ2n) is 10.6. The summed E-state index contributed by atoms with van der Waals surface area (Å²) >= 11 is 5.97. The van der Waals surface area contributed by atoms with Crippen LogP contribution >= 0.6 is 11.6 Å². The number of likely N-dealkylation sites (tertiary alicyclic amines) is 1. The molecule has 1 saturated heterocycles. The number of nitrogens with two attached hydrogens (primary N) is 2. The van der Waals surface area contributed by atoms with Crippen LogP contribution in [0.1, 0.15) is 67.2 Å². The summed E-state index contributed by atoms with van der Waals surface area (Å²) < 4.78 is 9.90. The normalized spacial score (nSPS) is 13.5. The minimum absolute atomic E-state index is 0.0106. The van der Waals surface area contributed by atoms with E-state index in [0.717, 1.165) is 16.9 Å². The van der Waals surface area contributed by atoms with Crippen LogP contribution in [-0.4, -0.2) is 75.3 Å². The van der Waals surface area contributed by atoms with E-state index in [4.69, 9.17) is 27.8 Å². The zero-order valence-electron chi connectivity index (χ0n) is 25.9. The molecule has 0 unspecified atom stereocenters. The van der Waals surface area contributed by atoms with Gasteiger partial charge in [0, 0.05) is 44.7 Å². The van der Waals surface area contributed by atoms with Gasteiger partial charge in [0.1, 0.15) is 12.3 Å². The molecule has 1 fully saturated rings. The molecule has 0 spiro atoms. The first kappa shape index (κ1) is 33.2. The van der Waals surface area contributed by atoms with Gasteiger partial charge in [-0.2, -0.15) is 0 Å². The molecule has 2 aromatic heterocycles. The molecule has 15 nitrogen and oxygen atoms in total. The zero-order chi connectivity index (χ0) is 32.8. The van der Waals surface area contributed by atoms with Crippen molar-refractivity contribution in [2.45, 2.75) is 66.2 Å². The van der Waals surface area contributed by atoms with E-state index in [-0.39, 0.29) is 70.7 Å². The van der Waals surface area contributed by atoms with Crippen LogP contribution in [0.4, 0.5) is 11.6 Å². The second kappa shape index (κ2) is 14.4. The monoisotopic (exact) mass is 643 g/mol. The van der Waals surface area contributed by atoms with E-state index < -0.39 is 5.91 Å². The minimum Gasteiger partial charge on any atom is -0.483 e. The van der Waals surface area contributed by atoms with Crippen molar-refractivity contribution < 1.29 is 28.5 Å². The van der Waals surface area contributed by atoms with Crippen LogP contribution in [0.2, 0.25) is 5.15 Å². The molecule has 4 rings (SSSR count). The lowest BCUT2D eigenvalue weighted by Crippen LogP contribution is -2.46. The number of anilines is 2. The molecule has 0 saturated carbocycles. The Morgan fingerprint density at radius 3 is 2.38 bits per heavy atom. The van der Waals surface area contributed by atoms with E-state index in [1.165, 1.54) is 6.92 Å². The van der Waals surface area contributed by atoms with E-state index in [1.54, 1.807) is 24.0 Å². The Labute approximate surface area is 265 Å². The van der Waals surface area contributed by atoms with Crippen molar-refractivity contribution in [3.63, 3.8) is 0 Å². The molecular formula is C29H40ClN10O5+. The Bertz CT molecular complexity index is 1620. The van der Waals surface area contributed by atoms with Crippen molar-refractivity contribution in [1.29, 1.82) is 0 Å². The number of aryl methyl sites for hydroxylation is 2. The SMILES string of the molecule is CCNC(=O)COc1cc2c(cc1C(=O)NC1CCN(C(C)=O)CC1)[n+](CC)c(CNC(=O)c1nc(Cl)c(N)nc1N)n2CC. The average molecular weight is 644 g/mol. The number of hydrogen-bond acceptors (Lipinski definition) is 9. The molecule has 3 aromatic rings. The van der Waals surface area contributed by atoms with Crippen LogP contribution < -0.4 is 36.7 Å². The lowest BCUT2D eigenvalue weighted by Gasteiger charge is -2.31. The number of ether oxygens (including phenoxy) is 1. The number of nitrogens with one attached hydrogen (secondary N) is 3. The number of nitrogen functional groups attached to an aromatic ring is 2. The van der Waals surface area contributed by atoms with E-state index in [2.05, 4.69) is 25.9 Å². The molecule has 7 N–H and O–H groups in total. The highest BCUT2D eigenvalue weighted by Crippen LogP contribution is 2.28. The first-order valence-electron chi connectivity index (χ1n) is 14.9. The minimum atomic E-state index is -0.584. The largest absolute Gasteiger partial charge is 0.483 e. The summed E-state index contributed by atoms with van der Waals surface area (Å²) in [5, 5.41) is 8.48. The molecule has 0 radical (unpaired) electrons. The smallest absolute Gasteiger partial charge is 0.277 e. The third kappa shape index (κ3) is 7.36. The van der Waals surface area contributed by atoms with Crippen molar-refractivity contribution in [3.05, 3.63) is 34.4 Å². The van der Waals surface area contributed by atoms with Crippen molar-refractivity contribution in [2.75, 3.05) is 37.7 Å². The number of nitrogens with zero attached hydrogens (tertiary/aromatic N) is 5. The Balaban J connectivity index is 1.69. The highest BCUT2D eigenvalue weighted by molar-refractivity contribution is 6.31. The van der Waals surface area contributed by atoms with Gasteiger partial charge < -0.3 is 37.1 Å². The molecule has 0 bridgehead atoms. The Morgan fingerprint density at radius 1 is 1.04 bits per heavy atom. The number of imidazole rings is 1. The molecule has 1 aliphatic heterocycles. The fourth-order valence-electron chi connectivity index (χ4n) is 5.45. The zero-order valence-corrected chi connectivity index (χ0v) is 26.7. The number of benzene rings is 1. The lowest BCUT2D eigenvalue weighted by atomic mass is 10.0. The first-order chi connectivity index (χ1) is 21.5. The van der Waals surface area contributed by atoms with Gasteiger partial charge in [0.2, 0.25) is 5.91 Å². The number of hydrogen-bond donors (Lipinski definition) is 5. The summed E-state index contributed by atoms with van der Waals surface area (Å²) in [6.45, 7) is 9.68. The number of rotatable bonds is 11. The van der Waals surface area contributed by atoms with E-state index >= 15 is 0 Å². The summed E-state index contributed by atoms with van der Waals surface area (Å²) in [6.07, 6.45) is 1.25. The van der Waals surface area contributed by atoms with Crippen LogP contribution in [0.5, 0.6) is 5.75 Å². The van der Waals surface area contributed by atoms with Crippen molar-refractivity contribution in [1.82, 2.24) is 35.4 Å². The Hall–Kier alpha value is -4.66. The van der Waals surface area contributed by atoms with Gasteiger partial charge in [-0.15, -0.1) is 0 Å². The number of piperidine rings is 1. The predicted molar refractivity (Wildman–Crippen MR) is 167 cm³/mol. The van der Waals surface area contributed by atoms with Gasteiger partial charge in [0.25, 0.3) is 23.5 Å². The standard InChI is InChI=1S/C29H39ClN10O5/c1-5-33-22(42)15-45-21-13-20-19(12-18(21)28(43)35-17-8-10-38(11-9-17)16(4)41)39(6-2)23(40(20)7-3)14-34-29(44)24-26(31)37-27(32)25(30)36-24/h12-13,17H,5-11,14-15H2,1-4H3,(H6-,31,32,33,34,35,37,42,43,44)/p+1. The highest BCUT2D eigenvalue weighted by Gasteiger charge is 2.30. The number of amides is 4. The number of halogens is 1. The van der Waals surface area contributed by atoms with Gasteiger partial charge in [0.05, 0.1) is 18.7 Å². The number of likely N-dealkylation sites (N-methyl/N-ethyl adjacent to an activating group) is 1. The van der Waals surface area contributed by atoms with Crippen LogP contribution in [-0.2, 0) is 29.2 Å². The number of carbonyl (C=O) groups is 4. The van der Waals surface area contributed by atoms with Crippen molar-refractivity contribution >= 4 is 57.9 Å². The average Bonchev–Trinajstić information content (AvgIpc) is 3.31. The number of aromatic nitrogens is 4. The Morgan fingerprint density at radius 2 is 1.76 bits per heavy atom. The Kier molecular flexibility index (Phi) is 10.6. The predicted octanol–water partition coefficient (Wildman–Crippen LogP) is 0.762. The summed E-state index contributed by atoms with van der Waals surface area (Å²) in [6, 6.07) is 3.36. The maximum atomic E-state index is 13.7. The molecule has 16 heteroatoms. The summed E-state index contributed by atoms with van der Waals surface area (Å²) in [7, 11) is 0. The number of carbonyl (C=O) groups excluding carboxylic acids is 4. The molecule has 45 heavy (non-hydrogen) atoms.